The Labute approximate surface area is 134 Å². The Hall–Kier alpha value is -1.75. The Kier molecular flexibility index (Phi) is 6.52. The maximum Gasteiger partial charge on any atom is 0.226 e. The Morgan fingerprint density at radius 1 is 1.18 bits per heavy atom. The zero-order valence-corrected chi connectivity index (χ0v) is 13.6. The molecule has 0 saturated carbocycles. The standard InChI is InChI=1S/C17H21FN2OS/c1-2-3-4-5-6-7-16(21)20-17-19-15(12-22-17)13-8-10-14(18)11-9-13/h8-12H,2-7H2,1H3,(H,19,20,21). The summed E-state index contributed by atoms with van der Waals surface area (Å²) in [6.07, 6.45) is 6.18. The quantitative estimate of drug-likeness (QED) is 0.675. The molecule has 0 radical (unpaired) electrons. The van der Waals surface area contributed by atoms with Crippen LogP contribution in [-0.2, 0) is 4.79 Å². The maximum atomic E-state index is 12.9. The minimum Gasteiger partial charge on any atom is -0.302 e. The lowest BCUT2D eigenvalue weighted by molar-refractivity contribution is -0.116. The van der Waals surface area contributed by atoms with Crippen molar-refractivity contribution in [1.29, 1.82) is 0 Å². The van der Waals surface area contributed by atoms with Gasteiger partial charge in [-0.05, 0) is 30.7 Å². The second-order valence-electron chi connectivity index (χ2n) is 5.26. The van der Waals surface area contributed by atoms with Gasteiger partial charge in [0.2, 0.25) is 5.91 Å². The molecular weight excluding hydrogens is 299 g/mol. The fourth-order valence-electron chi connectivity index (χ4n) is 2.16. The number of thiazole rings is 1. The summed E-state index contributed by atoms with van der Waals surface area (Å²) < 4.78 is 12.9. The zero-order chi connectivity index (χ0) is 15.8. The van der Waals surface area contributed by atoms with Crippen LogP contribution >= 0.6 is 11.3 Å². The van der Waals surface area contributed by atoms with Crippen LogP contribution < -0.4 is 5.32 Å². The number of halogens is 1. The minimum absolute atomic E-state index is 0.0107. The minimum atomic E-state index is -0.268. The molecule has 0 unspecified atom stereocenters. The van der Waals surface area contributed by atoms with E-state index in [0.29, 0.717) is 11.6 Å². The first-order valence-corrected chi connectivity index (χ1v) is 8.58. The van der Waals surface area contributed by atoms with Crippen LogP contribution in [0.3, 0.4) is 0 Å². The van der Waals surface area contributed by atoms with Gasteiger partial charge in [-0.2, -0.15) is 0 Å². The van der Waals surface area contributed by atoms with Crippen molar-refractivity contribution in [1.82, 2.24) is 4.98 Å². The van der Waals surface area contributed by atoms with E-state index < -0.39 is 0 Å². The van der Waals surface area contributed by atoms with E-state index in [-0.39, 0.29) is 11.7 Å². The average Bonchev–Trinajstić information content (AvgIpc) is 2.96. The predicted molar refractivity (Wildman–Crippen MR) is 89.5 cm³/mol. The molecule has 22 heavy (non-hydrogen) atoms. The lowest BCUT2D eigenvalue weighted by Gasteiger charge is -2.01. The van der Waals surface area contributed by atoms with Crippen molar-refractivity contribution in [3.63, 3.8) is 0 Å². The molecule has 1 N–H and O–H groups in total. The number of aromatic nitrogens is 1. The van der Waals surface area contributed by atoms with Crippen molar-refractivity contribution in [2.24, 2.45) is 0 Å². The van der Waals surface area contributed by atoms with Crippen molar-refractivity contribution >= 4 is 22.4 Å². The summed E-state index contributed by atoms with van der Waals surface area (Å²) in [4.78, 5) is 16.2. The van der Waals surface area contributed by atoms with Crippen molar-refractivity contribution < 1.29 is 9.18 Å². The number of hydrogen-bond acceptors (Lipinski definition) is 3. The average molecular weight is 320 g/mol. The molecule has 0 aliphatic carbocycles. The van der Waals surface area contributed by atoms with Crippen LogP contribution in [0, 0.1) is 5.82 Å². The molecule has 0 bridgehead atoms. The summed E-state index contributed by atoms with van der Waals surface area (Å²) in [6, 6.07) is 6.18. The SMILES string of the molecule is CCCCCCCC(=O)Nc1nc(-c2ccc(F)cc2)cs1. The van der Waals surface area contributed by atoms with E-state index in [4.69, 9.17) is 0 Å². The monoisotopic (exact) mass is 320 g/mol. The molecule has 0 saturated heterocycles. The number of carbonyl (C=O) groups excluding carboxylic acids is 1. The van der Waals surface area contributed by atoms with Crippen LogP contribution in [0.2, 0.25) is 0 Å². The van der Waals surface area contributed by atoms with Crippen LogP contribution in [-0.4, -0.2) is 10.9 Å². The van der Waals surface area contributed by atoms with E-state index in [9.17, 15) is 9.18 Å². The topological polar surface area (TPSA) is 42.0 Å². The van der Waals surface area contributed by atoms with Gasteiger partial charge in [0.25, 0.3) is 0 Å². The molecule has 2 aromatic rings. The molecule has 0 atom stereocenters. The van der Waals surface area contributed by atoms with Crippen molar-refractivity contribution in [2.75, 3.05) is 5.32 Å². The van der Waals surface area contributed by atoms with E-state index in [1.165, 1.54) is 42.7 Å². The van der Waals surface area contributed by atoms with Gasteiger partial charge in [0.05, 0.1) is 5.69 Å². The van der Waals surface area contributed by atoms with E-state index in [2.05, 4.69) is 17.2 Å². The van der Waals surface area contributed by atoms with Crippen LogP contribution in [0.4, 0.5) is 9.52 Å². The Morgan fingerprint density at radius 3 is 2.64 bits per heavy atom. The van der Waals surface area contributed by atoms with Crippen LogP contribution in [0.25, 0.3) is 11.3 Å². The second kappa shape index (κ2) is 8.63. The second-order valence-corrected chi connectivity index (χ2v) is 6.12. The molecule has 0 aliphatic heterocycles. The number of anilines is 1. The fourth-order valence-corrected chi connectivity index (χ4v) is 2.89. The maximum absolute atomic E-state index is 12.9. The van der Waals surface area contributed by atoms with Crippen LogP contribution in [0.1, 0.15) is 45.4 Å². The highest BCUT2D eigenvalue weighted by molar-refractivity contribution is 7.14. The molecule has 0 fully saturated rings. The van der Waals surface area contributed by atoms with Gasteiger partial charge in [0.1, 0.15) is 5.82 Å². The largest absolute Gasteiger partial charge is 0.302 e. The number of rotatable bonds is 8. The third-order valence-electron chi connectivity index (χ3n) is 3.40. The van der Waals surface area contributed by atoms with E-state index in [0.717, 1.165) is 24.1 Å². The highest BCUT2D eigenvalue weighted by atomic mass is 32.1. The van der Waals surface area contributed by atoms with Crippen molar-refractivity contribution in [3.05, 3.63) is 35.5 Å². The molecule has 5 heteroatoms. The Bertz CT molecular complexity index is 595. The molecule has 1 heterocycles. The summed E-state index contributed by atoms with van der Waals surface area (Å²) in [7, 11) is 0. The Morgan fingerprint density at radius 2 is 1.91 bits per heavy atom. The Balaban J connectivity index is 1.81. The highest BCUT2D eigenvalue weighted by Gasteiger charge is 2.08. The molecule has 3 nitrogen and oxygen atoms in total. The number of nitrogens with zero attached hydrogens (tertiary/aromatic N) is 1. The highest BCUT2D eigenvalue weighted by Crippen LogP contribution is 2.25. The number of benzene rings is 1. The van der Waals surface area contributed by atoms with Crippen molar-refractivity contribution in [3.8, 4) is 11.3 Å². The summed E-state index contributed by atoms with van der Waals surface area (Å²) in [5.74, 6) is -0.257. The smallest absolute Gasteiger partial charge is 0.226 e. The first-order chi connectivity index (χ1) is 10.7. The van der Waals surface area contributed by atoms with Gasteiger partial charge < -0.3 is 5.32 Å². The summed E-state index contributed by atoms with van der Waals surface area (Å²) >= 11 is 1.39. The third kappa shape index (κ3) is 5.22. The van der Waals surface area contributed by atoms with Crippen LogP contribution in [0.5, 0.6) is 0 Å². The van der Waals surface area contributed by atoms with E-state index in [1.54, 1.807) is 12.1 Å². The lowest BCUT2D eigenvalue weighted by atomic mass is 10.1. The number of carbonyl (C=O) groups is 1. The van der Waals surface area contributed by atoms with E-state index >= 15 is 0 Å². The van der Waals surface area contributed by atoms with Gasteiger partial charge in [-0.1, -0.05) is 32.6 Å². The molecule has 2 rings (SSSR count). The summed E-state index contributed by atoms with van der Waals surface area (Å²) in [5.41, 5.74) is 1.60. The molecule has 1 aromatic carbocycles. The third-order valence-corrected chi connectivity index (χ3v) is 4.16. The molecule has 1 aromatic heterocycles. The fraction of sp³-hybridized carbons (Fsp3) is 0.412. The number of amides is 1. The number of unbranched alkanes of at least 4 members (excludes halogenated alkanes) is 4. The number of nitrogens with one attached hydrogen (secondary N) is 1. The first kappa shape index (κ1) is 16.6. The zero-order valence-electron chi connectivity index (χ0n) is 12.8. The molecule has 1 amide bonds. The molecule has 118 valence electrons. The van der Waals surface area contributed by atoms with Gasteiger partial charge in [-0.15, -0.1) is 11.3 Å². The van der Waals surface area contributed by atoms with Crippen molar-refractivity contribution in [2.45, 2.75) is 45.4 Å². The van der Waals surface area contributed by atoms with Gasteiger partial charge in [-0.3, -0.25) is 4.79 Å². The van der Waals surface area contributed by atoms with Gasteiger partial charge in [0, 0.05) is 17.4 Å². The normalized spacial score (nSPS) is 10.6. The van der Waals surface area contributed by atoms with E-state index in [1.807, 2.05) is 5.38 Å². The van der Waals surface area contributed by atoms with Gasteiger partial charge in [0.15, 0.2) is 5.13 Å². The van der Waals surface area contributed by atoms with Gasteiger partial charge >= 0.3 is 0 Å². The first-order valence-electron chi connectivity index (χ1n) is 7.70. The molecular formula is C17H21FN2OS. The summed E-state index contributed by atoms with van der Waals surface area (Å²) in [5, 5.41) is 5.29. The van der Waals surface area contributed by atoms with Crippen LogP contribution in [0.15, 0.2) is 29.6 Å². The summed E-state index contributed by atoms with van der Waals surface area (Å²) in [6.45, 7) is 2.17. The van der Waals surface area contributed by atoms with Gasteiger partial charge in [-0.25, -0.2) is 9.37 Å². The molecule has 0 aliphatic rings. The number of hydrogen-bond donors (Lipinski definition) is 1. The molecule has 0 spiro atoms. The predicted octanol–water partition coefficient (Wildman–Crippen LogP) is 5.25. The lowest BCUT2D eigenvalue weighted by Crippen LogP contribution is -2.10.